The highest BCUT2D eigenvalue weighted by atomic mass is 35.5. The van der Waals surface area contributed by atoms with Gasteiger partial charge in [-0.3, -0.25) is 9.59 Å². The maximum atomic E-state index is 12.4. The van der Waals surface area contributed by atoms with Gasteiger partial charge in [-0.25, -0.2) is 4.90 Å². The molecule has 1 fully saturated rings. The summed E-state index contributed by atoms with van der Waals surface area (Å²) < 4.78 is 0. The molecule has 0 bridgehead atoms. The summed E-state index contributed by atoms with van der Waals surface area (Å²) >= 11 is 11.9. The number of hydrogen-bond acceptors (Lipinski definition) is 4. The van der Waals surface area contributed by atoms with E-state index in [-0.39, 0.29) is 17.5 Å². The number of fused-ring (bicyclic) bond motifs is 1. The normalized spacial score (nSPS) is 29.2. The number of carbonyl (C=O) groups is 2. The number of rotatable bonds is 1. The van der Waals surface area contributed by atoms with E-state index in [4.69, 9.17) is 23.2 Å². The summed E-state index contributed by atoms with van der Waals surface area (Å²) in [4.78, 5) is 25.8. The highest BCUT2D eigenvalue weighted by Gasteiger charge is 2.60. The first-order valence-corrected chi connectivity index (χ1v) is 6.43. The Kier molecular flexibility index (Phi) is 2.66. The summed E-state index contributed by atoms with van der Waals surface area (Å²) in [6.45, 7) is 1.86. The summed E-state index contributed by atoms with van der Waals surface area (Å²) in [5, 5.41) is 8.44. The van der Waals surface area contributed by atoms with Crippen LogP contribution in [0, 0.1) is 5.92 Å². The maximum Gasteiger partial charge on any atom is 0.264 e. The Balaban J connectivity index is 2.09. The number of imide groups is 1. The molecular weight excluding hydrogens is 289 g/mol. The number of azo groups is 1. The number of hydrogen-bond donors (Lipinski definition) is 0. The lowest BCUT2D eigenvalue weighted by Crippen LogP contribution is -2.37. The Morgan fingerprint density at radius 3 is 2.74 bits per heavy atom. The number of benzene rings is 1. The zero-order valence-corrected chi connectivity index (χ0v) is 11.4. The van der Waals surface area contributed by atoms with Gasteiger partial charge in [-0.1, -0.05) is 23.2 Å². The third-order valence-corrected chi connectivity index (χ3v) is 4.06. The Bertz CT molecular complexity index is 631. The second-order valence-electron chi connectivity index (χ2n) is 4.70. The van der Waals surface area contributed by atoms with Crippen molar-refractivity contribution in [1.29, 1.82) is 0 Å². The second-order valence-corrected chi connectivity index (χ2v) is 5.54. The van der Waals surface area contributed by atoms with Crippen LogP contribution in [0.1, 0.15) is 6.92 Å². The minimum absolute atomic E-state index is 0.239. The molecule has 0 saturated carbocycles. The van der Waals surface area contributed by atoms with Gasteiger partial charge in [0.2, 0.25) is 5.91 Å². The van der Waals surface area contributed by atoms with Gasteiger partial charge in [0.1, 0.15) is 0 Å². The van der Waals surface area contributed by atoms with Gasteiger partial charge in [0, 0.05) is 5.02 Å². The molecule has 0 radical (unpaired) electrons. The molecule has 0 N–H and O–H groups in total. The maximum absolute atomic E-state index is 12.4. The van der Waals surface area contributed by atoms with Gasteiger partial charge in [-0.15, -0.1) is 0 Å². The van der Waals surface area contributed by atoms with Crippen LogP contribution in [0.25, 0.3) is 0 Å². The van der Waals surface area contributed by atoms with Crippen molar-refractivity contribution in [2.45, 2.75) is 12.5 Å². The first kappa shape index (κ1) is 12.6. The third kappa shape index (κ3) is 1.61. The Morgan fingerprint density at radius 2 is 2.11 bits per heavy atom. The van der Waals surface area contributed by atoms with Gasteiger partial charge in [0.05, 0.1) is 23.2 Å². The van der Waals surface area contributed by atoms with Crippen molar-refractivity contribution in [3.63, 3.8) is 0 Å². The van der Waals surface area contributed by atoms with E-state index in [9.17, 15) is 9.59 Å². The summed E-state index contributed by atoms with van der Waals surface area (Å²) in [6, 6.07) is 4.64. The molecule has 0 aromatic heterocycles. The van der Waals surface area contributed by atoms with Crippen LogP contribution in [-0.2, 0) is 9.59 Å². The van der Waals surface area contributed by atoms with E-state index < -0.39 is 17.4 Å². The average molecular weight is 298 g/mol. The third-order valence-electron chi connectivity index (χ3n) is 3.53. The summed E-state index contributed by atoms with van der Waals surface area (Å²) in [5.41, 5.74) is -0.757. The van der Waals surface area contributed by atoms with Crippen LogP contribution in [0.15, 0.2) is 28.4 Å². The molecule has 1 aromatic carbocycles. The summed E-state index contributed by atoms with van der Waals surface area (Å²) in [7, 11) is 0. The Hall–Kier alpha value is -1.46. The fourth-order valence-corrected chi connectivity index (χ4v) is 2.89. The first-order chi connectivity index (χ1) is 8.95. The summed E-state index contributed by atoms with van der Waals surface area (Å²) in [6.07, 6.45) is 0. The first-order valence-electron chi connectivity index (χ1n) is 5.67. The molecule has 7 heteroatoms. The second kappa shape index (κ2) is 4.02. The van der Waals surface area contributed by atoms with Crippen LogP contribution in [-0.4, -0.2) is 23.9 Å². The highest BCUT2D eigenvalue weighted by molar-refractivity contribution is 6.38. The molecule has 2 heterocycles. The molecule has 2 aliphatic heterocycles. The standard InChI is InChI=1S/C12H9Cl2N3O2/c1-12-7(5-15-16-12)10(18)17(11(12)19)9-3-2-6(13)4-8(9)14/h2-4,7H,5H2,1H3. The van der Waals surface area contributed by atoms with E-state index in [2.05, 4.69) is 10.2 Å². The molecule has 1 saturated heterocycles. The molecule has 2 unspecified atom stereocenters. The van der Waals surface area contributed by atoms with E-state index in [1.807, 2.05) is 0 Å². The average Bonchev–Trinajstić information content (AvgIpc) is 2.81. The largest absolute Gasteiger partial charge is 0.274 e. The van der Waals surface area contributed by atoms with Gasteiger partial charge < -0.3 is 0 Å². The quantitative estimate of drug-likeness (QED) is 0.748. The van der Waals surface area contributed by atoms with Gasteiger partial charge in [0.15, 0.2) is 5.54 Å². The predicted molar refractivity (Wildman–Crippen MR) is 70.6 cm³/mol. The predicted octanol–water partition coefficient (Wildman–Crippen LogP) is 2.71. The lowest BCUT2D eigenvalue weighted by Gasteiger charge is -2.18. The molecule has 19 heavy (non-hydrogen) atoms. The van der Waals surface area contributed by atoms with E-state index in [0.29, 0.717) is 10.7 Å². The zero-order chi connectivity index (χ0) is 13.8. The van der Waals surface area contributed by atoms with Gasteiger partial charge in [-0.05, 0) is 25.1 Å². The zero-order valence-electron chi connectivity index (χ0n) is 9.93. The van der Waals surface area contributed by atoms with Crippen molar-refractivity contribution in [3.8, 4) is 0 Å². The number of anilines is 1. The fourth-order valence-electron chi connectivity index (χ4n) is 2.40. The van der Waals surface area contributed by atoms with Crippen LogP contribution in [0.3, 0.4) is 0 Å². The molecule has 2 aliphatic rings. The van der Waals surface area contributed by atoms with Crippen molar-refractivity contribution in [2.75, 3.05) is 11.4 Å². The van der Waals surface area contributed by atoms with E-state index >= 15 is 0 Å². The summed E-state index contributed by atoms with van der Waals surface area (Å²) in [5.74, 6) is -1.25. The van der Waals surface area contributed by atoms with Crippen molar-refractivity contribution in [2.24, 2.45) is 16.1 Å². The monoisotopic (exact) mass is 297 g/mol. The van der Waals surface area contributed by atoms with Gasteiger partial charge >= 0.3 is 0 Å². The molecular formula is C12H9Cl2N3O2. The molecule has 1 aromatic rings. The Labute approximate surface area is 119 Å². The van der Waals surface area contributed by atoms with Crippen LogP contribution in [0.2, 0.25) is 10.0 Å². The van der Waals surface area contributed by atoms with E-state index in [0.717, 1.165) is 4.90 Å². The van der Waals surface area contributed by atoms with Crippen LogP contribution < -0.4 is 4.90 Å². The van der Waals surface area contributed by atoms with Gasteiger partial charge in [-0.2, -0.15) is 10.2 Å². The molecule has 0 spiro atoms. The Morgan fingerprint density at radius 1 is 1.37 bits per heavy atom. The lowest BCUT2D eigenvalue weighted by atomic mass is 9.90. The van der Waals surface area contributed by atoms with Crippen molar-refractivity contribution in [3.05, 3.63) is 28.2 Å². The smallest absolute Gasteiger partial charge is 0.264 e. The lowest BCUT2D eigenvalue weighted by molar-refractivity contribution is -0.122. The molecule has 2 atom stereocenters. The molecule has 5 nitrogen and oxygen atoms in total. The van der Waals surface area contributed by atoms with Crippen LogP contribution in [0.4, 0.5) is 5.69 Å². The number of nitrogens with zero attached hydrogens (tertiary/aromatic N) is 3. The van der Waals surface area contributed by atoms with Crippen molar-refractivity contribution in [1.82, 2.24) is 0 Å². The fraction of sp³-hybridized carbons (Fsp3) is 0.333. The number of amides is 2. The minimum atomic E-state index is -1.10. The van der Waals surface area contributed by atoms with Gasteiger partial charge in [0.25, 0.3) is 5.91 Å². The highest BCUT2D eigenvalue weighted by Crippen LogP contribution is 2.42. The van der Waals surface area contributed by atoms with E-state index in [1.54, 1.807) is 19.1 Å². The van der Waals surface area contributed by atoms with Crippen molar-refractivity contribution < 1.29 is 9.59 Å². The molecule has 0 aliphatic carbocycles. The SMILES string of the molecule is CC12N=NCC1C(=O)N(c1ccc(Cl)cc1Cl)C2=O. The van der Waals surface area contributed by atoms with E-state index in [1.165, 1.54) is 6.07 Å². The molecule has 98 valence electrons. The number of carbonyl (C=O) groups excluding carboxylic acids is 2. The van der Waals surface area contributed by atoms with Crippen LogP contribution in [0.5, 0.6) is 0 Å². The minimum Gasteiger partial charge on any atom is -0.274 e. The number of halogens is 2. The molecule has 2 amide bonds. The topological polar surface area (TPSA) is 62.1 Å². The molecule has 3 rings (SSSR count). The van der Waals surface area contributed by atoms with Crippen LogP contribution >= 0.6 is 23.2 Å². The van der Waals surface area contributed by atoms with Crippen molar-refractivity contribution >= 4 is 40.7 Å².